The van der Waals surface area contributed by atoms with Crippen molar-refractivity contribution in [2.24, 2.45) is 5.92 Å². The van der Waals surface area contributed by atoms with Crippen LogP contribution in [-0.2, 0) is 18.9 Å². The average Bonchev–Trinajstić information content (AvgIpc) is 3.55. The normalized spacial score (nSPS) is 16.5. The van der Waals surface area contributed by atoms with Crippen LogP contribution in [0.2, 0.25) is 0 Å². The third-order valence-corrected chi connectivity index (χ3v) is 18.5. The smallest absolute Gasteiger partial charge is 0.407 e. The number of nitrogens with one attached hydrogen (secondary N) is 1. The van der Waals surface area contributed by atoms with Gasteiger partial charge in [-0.25, -0.2) is 4.79 Å². The topological polar surface area (TPSA) is 75.3 Å². The zero-order valence-electron chi connectivity index (χ0n) is 56.8. The number of benzene rings is 2. The third-order valence-electron chi connectivity index (χ3n) is 18.5. The first-order valence-electron chi connectivity index (χ1n) is 37.6. The second kappa shape index (κ2) is 56.6. The number of ether oxygens (including phenoxy) is 5. The van der Waals surface area contributed by atoms with Crippen molar-refractivity contribution in [2.75, 3.05) is 33.0 Å². The second-order valence-electron chi connectivity index (χ2n) is 26.5. The average molecular weight is 1190 g/mol. The summed E-state index contributed by atoms with van der Waals surface area (Å²) < 4.78 is 32.9. The van der Waals surface area contributed by atoms with Gasteiger partial charge in [-0.05, 0) is 75.1 Å². The molecule has 0 spiro atoms. The van der Waals surface area contributed by atoms with Gasteiger partial charge in [-0.15, -0.1) is 0 Å². The Labute approximate surface area is 527 Å². The van der Waals surface area contributed by atoms with Crippen LogP contribution in [0.25, 0.3) is 0 Å². The molecule has 2 aromatic carbocycles. The molecule has 1 N–H and O–H groups in total. The maximum atomic E-state index is 12.7. The quantitative estimate of drug-likeness (QED) is 0.0665. The molecule has 7 nitrogen and oxygen atoms in total. The van der Waals surface area contributed by atoms with Gasteiger partial charge in [-0.3, -0.25) is 0 Å². The van der Waals surface area contributed by atoms with E-state index in [1.54, 1.807) is 0 Å². The summed E-state index contributed by atoms with van der Waals surface area (Å²) in [5, 5.41) is 3.09. The van der Waals surface area contributed by atoms with Gasteiger partial charge < -0.3 is 29.0 Å². The van der Waals surface area contributed by atoms with Crippen molar-refractivity contribution >= 4 is 6.09 Å². The number of rotatable bonds is 61. The molecule has 3 rings (SSSR count). The third kappa shape index (κ3) is 42.1. The fraction of sp³-hybridized carbons (Fsp3) is 0.833. The molecule has 1 saturated carbocycles. The van der Waals surface area contributed by atoms with Gasteiger partial charge in [0.05, 0.1) is 31.5 Å². The van der Waals surface area contributed by atoms with Crippen molar-refractivity contribution in [3.05, 3.63) is 65.2 Å². The van der Waals surface area contributed by atoms with E-state index in [1.807, 2.05) is 19.1 Å². The van der Waals surface area contributed by atoms with Crippen molar-refractivity contribution in [1.29, 1.82) is 0 Å². The van der Waals surface area contributed by atoms with Crippen LogP contribution in [0.3, 0.4) is 0 Å². The fourth-order valence-corrected chi connectivity index (χ4v) is 13.0. The summed E-state index contributed by atoms with van der Waals surface area (Å²) in [4.78, 5) is 12.7. The maximum Gasteiger partial charge on any atom is 0.407 e. The Balaban J connectivity index is 1.57. The van der Waals surface area contributed by atoms with E-state index in [0.717, 1.165) is 68.8 Å². The van der Waals surface area contributed by atoms with Gasteiger partial charge in [0.15, 0.2) is 0 Å². The van der Waals surface area contributed by atoms with Crippen molar-refractivity contribution in [3.8, 4) is 5.75 Å². The highest BCUT2D eigenvalue weighted by Crippen LogP contribution is 2.34. The summed E-state index contributed by atoms with van der Waals surface area (Å²) in [6.45, 7) is 14.1. The Morgan fingerprint density at radius 3 is 0.976 bits per heavy atom. The van der Waals surface area contributed by atoms with Gasteiger partial charge >= 0.3 is 6.09 Å². The van der Waals surface area contributed by atoms with Crippen LogP contribution in [0.4, 0.5) is 4.79 Å². The van der Waals surface area contributed by atoms with E-state index in [-0.39, 0.29) is 30.3 Å². The van der Waals surface area contributed by atoms with E-state index >= 15 is 0 Å². The minimum Gasteiger partial charge on any atom is -0.493 e. The highest BCUT2D eigenvalue weighted by atomic mass is 16.6. The predicted octanol–water partition coefficient (Wildman–Crippen LogP) is 24.6. The summed E-state index contributed by atoms with van der Waals surface area (Å²) in [6.07, 6.45) is 67.1. The van der Waals surface area contributed by atoms with Crippen LogP contribution >= 0.6 is 0 Å². The Kier molecular flexibility index (Phi) is 51.0. The van der Waals surface area contributed by atoms with E-state index < -0.39 is 6.09 Å². The summed E-state index contributed by atoms with van der Waals surface area (Å²) in [7, 11) is 0. The molecule has 1 fully saturated rings. The maximum absolute atomic E-state index is 12.7. The van der Waals surface area contributed by atoms with Gasteiger partial charge in [-0.1, -0.05) is 352 Å². The van der Waals surface area contributed by atoms with E-state index in [0.29, 0.717) is 13.2 Å². The molecule has 3 atom stereocenters. The van der Waals surface area contributed by atoms with E-state index in [1.165, 1.54) is 295 Å². The SMILES string of the molecule is CCCCCCCCCCCCCCCCCCOC1CC(COc2ccc(C(NC(=O)OCC)c3ccc(C)cc3)cc2)CC(OCCCCCCCCCCCCCCCCCC)C1OCCCCCCCCCCCCCCCCCC. The zero-order chi connectivity index (χ0) is 60.6. The zero-order valence-corrected chi connectivity index (χ0v) is 56.8. The van der Waals surface area contributed by atoms with Crippen LogP contribution < -0.4 is 10.1 Å². The van der Waals surface area contributed by atoms with Crippen LogP contribution in [0.15, 0.2) is 48.5 Å². The number of hydrogen-bond acceptors (Lipinski definition) is 6. The van der Waals surface area contributed by atoms with Crippen LogP contribution in [0.5, 0.6) is 5.75 Å². The van der Waals surface area contributed by atoms with Crippen molar-refractivity contribution in [1.82, 2.24) is 5.32 Å². The molecule has 0 bridgehead atoms. The van der Waals surface area contributed by atoms with Crippen molar-refractivity contribution in [3.63, 3.8) is 0 Å². The summed E-state index contributed by atoms with van der Waals surface area (Å²) in [6, 6.07) is 16.2. The Hall–Kier alpha value is -2.61. The number of amides is 1. The monoisotopic (exact) mass is 1190 g/mol. The number of alkyl carbamates (subject to hydrolysis) is 1. The summed E-state index contributed by atoms with van der Waals surface area (Å²) in [5.41, 5.74) is 3.17. The van der Waals surface area contributed by atoms with E-state index in [9.17, 15) is 4.79 Å². The predicted molar refractivity (Wildman–Crippen MR) is 366 cm³/mol. The van der Waals surface area contributed by atoms with Crippen LogP contribution in [0.1, 0.15) is 371 Å². The van der Waals surface area contributed by atoms with Gasteiger partial charge in [-0.2, -0.15) is 0 Å². The first kappa shape index (κ1) is 76.6. The molecule has 3 unspecified atom stereocenters. The largest absolute Gasteiger partial charge is 0.493 e. The molecular formula is C78H139NO6. The van der Waals surface area contributed by atoms with Gasteiger partial charge in [0.2, 0.25) is 0 Å². The Morgan fingerprint density at radius 1 is 0.388 bits per heavy atom. The number of carbonyl (C=O) groups is 1. The summed E-state index contributed by atoms with van der Waals surface area (Å²) >= 11 is 0. The molecule has 7 heteroatoms. The fourth-order valence-electron chi connectivity index (χ4n) is 13.0. The minimum atomic E-state index is -0.420. The molecule has 1 amide bonds. The van der Waals surface area contributed by atoms with Crippen LogP contribution in [0, 0.1) is 12.8 Å². The second-order valence-corrected chi connectivity index (χ2v) is 26.5. The van der Waals surface area contributed by atoms with E-state index in [4.69, 9.17) is 23.7 Å². The molecule has 0 radical (unpaired) electrons. The molecule has 1 aliphatic rings. The molecule has 0 aliphatic heterocycles. The van der Waals surface area contributed by atoms with Crippen molar-refractivity contribution < 1.29 is 28.5 Å². The molecule has 2 aromatic rings. The first-order valence-corrected chi connectivity index (χ1v) is 37.6. The van der Waals surface area contributed by atoms with Crippen molar-refractivity contribution in [2.45, 2.75) is 380 Å². The Morgan fingerprint density at radius 2 is 0.671 bits per heavy atom. The molecule has 0 aromatic heterocycles. The van der Waals surface area contributed by atoms with Crippen LogP contribution in [-0.4, -0.2) is 57.4 Å². The number of carbonyl (C=O) groups excluding carboxylic acids is 1. The van der Waals surface area contributed by atoms with Gasteiger partial charge in [0.25, 0.3) is 0 Å². The highest BCUT2D eigenvalue weighted by Gasteiger charge is 2.40. The standard InChI is InChI=1S/C78H139NO6/c1-6-10-13-16-19-22-25-28-31-34-37-40-43-46-49-52-63-82-74-66-70(68-85-73-61-59-72(60-62-73)76(79-78(80)81-9-4)71-57-55-69(5)56-58-71)67-75(83-64-53-50-47-44-41-38-35-32-29-26-23-20-17-14-11-7-2)77(74)84-65-54-51-48-45-42-39-36-33-30-27-24-21-18-15-12-8-3/h55-62,70,74-77H,6-54,63-68H2,1-5H3,(H,79,80). The lowest BCUT2D eigenvalue weighted by atomic mass is 9.83. The highest BCUT2D eigenvalue weighted by molar-refractivity contribution is 5.68. The van der Waals surface area contributed by atoms with Gasteiger partial charge in [0, 0.05) is 19.8 Å². The first-order chi connectivity index (χ1) is 42.0. The molecular weight excluding hydrogens is 1050 g/mol. The molecule has 85 heavy (non-hydrogen) atoms. The number of unbranched alkanes of at least 4 members (excludes halogenated alkanes) is 45. The number of hydrogen-bond donors (Lipinski definition) is 1. The lowest BCUT2D eigenvalue weighted by Crippen LogP contribution is -2.50. The number of aryl methyl sites for hydroxylation is 1. The molecule has 492 valence electrons. The summed E-state index contributed by atoms with van der Waals surface area (Å²) in [5.74, 6) is 1.12. The Bertz CT molecular complexity index is 1670. The molecule has 1 aliphatic carbocycles. The molecule has 0 heterocycles. The van der Waals surface area contributed by atoms with Gasteiger partial charge in [0.1, 0.15) is 11.9 Å². The minimum absolute atomic E-state index is 0.0119. The molecule has 0 saturated heterocycles. The lowest BCUT2D eigenvalue weighted by Gasteiger charge is -2.41. The van der Waals surface area contributed by atoms with E-state index in [2.05, 4.69) is 69.4 Å². The lowest BCUT2D eigenvalue weighted by molar-refractivity contribution is -0.172.